The maximum Gasteiger partial charge on any atom is 0.157 e. The molecule has 76 valence electrons. The van der Waals surface area contributed by atoms with Crippen LogP contribution in [0, 0.1) is 0 Å². The van der Waals surface area contributed by atoms with Gasteiger partial charge in [0, 0.05) is 6.54 Å². The molecule has 1 saturated heterocycles. The molecule has 1 rings (SSSR count). The first-order valence-corrected chi connectivity index (χ1v) is 4.92. The quantitative estimate of drug-likeness (QED) is 0.659. The van der Waals surface area contributed by atoms with E-state index in [1.807, 2.05) is 0 Å². The van der Waals surface area contributed by atoms with Crippen molar-refractivity contribution in [1.82, 2.24) is 0 Å². The lowest BCUT2D eigenvalue weighted by Crippen LogP contribution is -2.06. The van der Waals surface area contributed by atoms with Gasteiger partial charge in [-0.3, -0.25) is 0 Å². The molecule has 0 spiro atoms. The van der Waals surface area contributed by atoms with Crippen molar-refractivity contribution in [2.45, 2.75) is 32.5 Å². The van der Waals surface area contributed by atoms with E-state index in [9.17, 15) is 0 Å². The van der Waals surface area contributed by atoms with Crippen LogP contribution in [-0.2, 0) is 9.47 Å². The lowest BCUT2D eigenvalue weighted by atomic mass is 10.1. The van der Waals surface area contributed by atoms with Gasteiger partial charge in [0.2, 0.25) is 0 Å². The molecule has 0 radical (unpaired) electrons. The van der Waals surface area contributed by atoms with Gasteiger partial charge in [-0.1, -0.05) is 11.6 Å². The maximum absolute atomic E-state index is 5.40. The first-order chi connectivity index (χ1) is 6.33. The second-order valence-electron chi connectivity index (χ2n) is 3.35. The molecule has 0 bridgehead atoms. The summed E-state index contributed by atoms with van der Waals surface area (Å²) < 4.78 is 10.7. The fraction of sp³-hybridized carbons (Fsp3) is 0.800. The van der Waals surface area contributed by atoms with Gasteiger partial charge in [-0.2, -0.15) is 0 Å². The van der Waals surface area contributed by atoms with E-state index < -0.39 is 0 Å². The Morgan fingerprint density at radius 1 is 1.46 bits per heavy atom. The lowest BCUT2D eigenvalue weighted by molar-refractivity contribution is -0.0475. The average Bonchev–Trinajstić information content (AvgIpc) is 2.57. The highest BCUT2D eigenvalue weighted by atomic mass is 16.7. The average molecular weight is 185 g/mol. The van der Waals surface area contributed by atoms with E-state index in [-0.39, 0.29) is 6.29 Å². The van der Waals surface area contributed by atoms with Crippen LogP contribution in [0.25, 0.3) is 0 Å². The summed E-state index contributed by atoms with van der Waals surface area (Å²) in [6.07, 6.45) is 5.32. The summed E-state index contributed by atoms with van der Waals surface area (Å²) in [5.41, 5.74) is 6.76. The number of rotatable bonds is 5. The van der Waals surface area contributed by atoms with Crippen molar-refractivity contribution >= 4 is 0 Å². The molecule has 0 unspecified atom stereocenters. The molecule has 1 heterocycles. The molecule has 3 nitrogen and oxygen atoms in total. The predicted octanol–water partition coefficient (Wildman–Crippen LogP) is 1.43. The zero-order chi connectivity index (χ0) is 9.52. The second kappa shape index (κ2) is 6.13. The molecule has 0 aromatic heterocycles. The fourth-order valence-corrected chi connectivity index (χ4v) is 1.42. The molecule has 0 aliphatic carbocycles. The Labute approximate surface area is 79.9 Å². The highest BCUT2D eigenvalue weighted by molar-refractivity contribution is 4.98. The maximum atomic E-state index is 5.40. The van der Waals surface area contributed by atoms with Gasteiger partial charge >= 0.3 is 0 Å². The van der Waals surface area contributed by atoms with Crippen molar-refractivity contribution in [3.8, 4) is 0 Å². The Hall–Kier alpha value is -0.380. The van der Waals surface area contributed by atoms with Gasteiger partial charge in [0.25, 0.3) is 0 Å². The molecule has 0 amide bonds. The number of hydrogen-bond donors (Lipinski definition) is 1. The van der Waals surface area contributed by atoms with E-state index in [0.29, 0.717) is 6.54 Å². The Morgan fingerprint density at radius 2 is 2.15 bits per heavy atom. The summed E-state index contributed by atoms with van der Waals surface area (Å²) >= 11 is 0. The monoisotopic (exact) mass is 185 g/mol. The van der Waals surface area contributed by atoms with Gasteiger partial charge in [-0.15, -0.1) is 0 Å². The zero-order valence-electron chi connectivity index (χ0n) is 8.29. The molecule has 0 atom stereocenters. The fourth-order valence-electron chi connectivity index (χ4n) is 1.42. The zero-order valence-corrected chi connectivity index (χ0v) is 8.29. The largest absolute Gasteiger partial charge is 0.350 e. The Kier molecular flexibility index (Phi) is 5.05. The van der Waals surface area contributed by atoms with Crippen LogP contribution < -0.4 is 5.73 Å². The summed E-state index contributed by atoms with van der Waals surface area (Å²) in [5.74, 6) is 0. The summed E-state index contributed by atoms with van der Waals surface area (Å²) in [7, 11) is 0. The molecule has 2 N–H and O–H groups in total. The van der Waals surface area contributed by atoms with E-state index in [1.165, 1.54) is 5.57 Å². The van der Waals surface area contributed by atoms with Crippen LogP contribution >= 0.6 is 0 Å². The van der Waals surface area contributed by atoms with Gasteiger partial charge in [-0.25, -0.2) is 0 Å². The standard InChI is InChI=1S/C10H19NO2/c1-9(5-6-11)3-2-4-10-12-7-8-13-10/h5,10H,2-4,6-8,11H2,1H3/b9-5+. The summed E-state index contributed by atoms with van der Waals surface area (Å²) in [6.45, 7) is 4.26. The summed E-state index contributed by atoms with van der Waals surface area (Å²) in [4.78, 5) is 0. The van der Waals surface area contributed by atoms with Crippen molar-refractivity contribution in [2.75, 3.05) is 19.8 Å². The van der Waals surface area contributed by atoms with Crippen LogP contribution in [0.2, 0.25) is 0 Å². The van der Waals surface area contributed by atoms with Gasteiger partial charge in [0.15, 0.2) is 6.29 Å². The topological polar surface area (TPSA) is 44.5 Å². The molecule has 1 aliphatic heterocycles. The molecular weight excluding hydrogens is 166 g/mol. The molecule has 0 saturated carbocycles. The molecule has 3 heteroatoms. The summed E-state index contributed by atoms with van der Waals surface area (Å²) in [5, 5.41) is 0. The Balaban J connectivity index is 2.02. The third kappa shape index (κ3) is 4.41. The highest BCUT2D eigenvalue weighted by Crippen LogP contribution is 2.14. The number of hydrogen-bond acceptors (Lipinski definition) is 3. The van der Waals surface area contributed by atoms with Gasteiger partial charge in [0.05, 0.1) is 13.2 Å². The van der Waals surface area contributed by atoms with Crippen LogP contribution in [-0.4, -0.2) is 26.0 Å². The van der Waals surface area contributed by atoms with Gasteiger partial charge in [0.1, 0.15) is 0 Å². The molecule has 0 aromatic carbocycles. The normalized spacial score (nSPS) is 19.7. The number of ether oxygens (including phenoxy) is 2. The minimum absolute atomic E-state index is 0.0469. The molecule has 1 aliphatic rings. The van der Waals surface area contributed by atoms with Crippen molar-refractivity contribution in [3.63, 3.8) is 0 Å². The third-order valence-corrected chi connectivity index (χ3v) is 2.17. The minimum atomic E-state index is 0.0469. The van der Waals surface area contributed by atoms with Crippen LogP contribution in [0.5, 0.6) is 0 Å². The van der Waals surface area contributed by atoms with E-state index in [2.05, 4.69) is 13.0 Å². The van der Waals surface area contributed by atoms with Gasteiger partial charge < -0.3 is 15.2 Å². The lowest BCUT2D eigenvalue weighted by Gasteiger charge is -2.08. The molecule has 1 fully saturated rings. The van der Waals surface area contributed by atoms with Crippen LogP contribution in [0.4, 0.5) is 0 Å². The van der Waals surface area contributed by atoms with Gasteiger partial charge in [-0.05, 0) is 26.2 Å². The number of allylic oxidation sites excluding steroid dienone is 1. The molecule has 0 aromatic rings. The summed E-state index contributed by atoms with van der Waals surface area (Å²) in [6, 6.07) is 0. The Bertz CT molecular complexity index is 162. The first kappa shape index (κ1) is 10.7. The van der Waals surface area contributed by atoms with Crippen molar-refractivity contribution in [2.24, 2.45) is 5.73 Å². The SMILES string of the molecule is C/C(=C\CN)CCCC1OCCO1. The molecule has 13 heavy (non-hydrogen) atoms. The van der Waals surface area contributed by atoms with Crippen molar-refractivity contribution in [3.05, 3.63) is 11.6 Å². The second-order valence-corrected chi connectivity index (χ2v) is 3.35. The van der Waals surface area contributed by atoms with Crippen molar-refractivity contribution < 1.29 is 9.47 Å². The van der Waals surface area contributed by atoms with E-state index >= 15 is 0 Å². The highest BCUT2D eigenvalue weighted by Gasteiger charge is 2.14. The van der Waals surface area contributed by atoms with E-state index in [1.54, 1.807) is 0 Å². The Morgan fingerprint density at radius 3 is 2.77 bits per heavy atom. The van der Waals surface area contributed by atoms with E-state index in [4.69, 9.17) is 15.2 Å². The predicted molar refractivity (Wildman–Crippen MR) is 52.4 cm³/mol. The smallest absolute Gasteiger partial charge is 0.157 e. The third-order valence-electron chi connectivity index (χ3n) is 2.17. The molecular formula is C10H19NO2. The van der Waals surface area contributed by atoms with Crippen LogP contribution in [0.15, 0.2) is 11.6 Å². The minimum Gasteiger partial charge on any atom is -0.350 e. The first-order valence-electron chi connectivity index (χ1n) is 4.92. The van der Waals surface area contributed by atoms with Crippen LogP contribution in [0.3, 0.4) is 0 Å². The number of nitrogens with two attached hydrogens (primary N) is 1. The van der Waals surface area contributed by atoms with Crippen LogP contribution in [0.1, 0.15) is 26.2 Å². The van der Waals surface area contributed by atoms with E-state index in [0.717, 1.165) is 32.5 Å². The van der Waals surface area contributed by atoms with Crippen molar-refractivity contribution in [1.29, 1.82) is 0 Å².